The van der Waals surface area contributed by atoms with Crippen LogP contribution in [0.3, 0.4) is 0 Å². The van der Waals surface area contributed by atoms with Gasteiger partial charge in [-0.15, -0.1) is 0 Å². The Labute approximate surface area is 125 Å². The fourth-order valence-corrected chi connectivity index (χ4v) is 2.08. The summed E-state index contributed by atoms with van der Waals surface area (Å²) in [5.74, 6) is 0. The molecule has 0 saturated heterocycles. The van der Waals surface area contributed by atoms with E-state index in [0.29, 0.717) is 18.5 Å². The molecule has 0 saturated carbocycles. The predicted octanol–water partition coefficient (Wildman–Crippen LogP) is 1.80. The molecule has 0 bridgehead atoms. The minimum absolute atomic E-state index is 0.0154. The first-order chi connectivity index (χ1) is 10.3. The molecule has 0 unspecified atom stereocenters. The molecule has 0 spiro atoms. The molecule has 0 fully saturated rings. The van der Waals surface area contributed by atoms with Gasteiger partial charge in [-0.25, -0.2) is 4.98 Å². The Balaban J connectivity index is 1.76. The van der Waals surface area contributed by atoms with Crippen LogP contribution in [-0.2, 0) is 11.3 Å². The lowest BCUT2D eigenvalue weighted by molar-refractivity contribution is 0.133. The number of unbranched alkanes of at least 4 members (excludes halogenated alkanes) is 1. The quantitative estimate of drug-likeness (QED) is 0.715. The Hall–Kier alpha value is -1.72. The van der Waals surface area contributed by atoms with Crippen molar-refractivity contribution < 1.29 is 4.74 Å². The fraction of sp³-hybridized carbons (Fsp3) is 0.500. The third-order valence-electron chi connectivity index (χ3n) is 3.33. The maximum atomic E-state index is 12.2. The third-order valence-corrected chi connectivity index (χ3v) is 3.33. The lowest BCUT2D eigenvalue weighted by Gasteiger charge is -2.08. The molecule has 0 aliphatic heterocycles. The van der Waals surface area contributed by atoms with Crippen molar-refractivity contribution in [3.8, 4) is 0 Å². The SMILES string of the molecule is CCCCOCCNCCn1cnc2ccccc2c1=O. The van der Waals surface area contributed by atoms with E-state index in [9.17, 15) is 4.79 Å². The van der Waals surface area contributed by atoms with Gasteiger partial charge in [0.05, 0.1) is 23.8 Å². The van der Waals surface area contributed by atoms with E-state index in [1.54, 1.807) is 10.9 Å². The summed E-state index contributed by atoms with van der Waals surface area (Å²) in [6.45, 7) is 5.84. The number of aromatic nitrogens is 2. The van der Waals surface area contributed by atoms with Crippen LogP contribution in [0.4, 0.5) is 0 Å². The Bertz CT molecular complexity index is 610. The minimum Gasteiger partial charge on any atom is -0.380 e. The highest BCUT2D eigenvalue weighted by Gasteiger charge is 2.02. The first kappa shape index (κ1) is 15.7. The normalized spacial score (nSPS) is 11.1. The average Bonchev–Trinajstić information content (AvgIpc) is 2.52. The Morgan fingerprint density at radius 3 is 2.95 bits per heavy atom. The first-order valence-corrected chi connectivity index (χ1v) is 7.55. The zero-order valence-electron chi connectivity index (χ0n) is 12.5. The van der Waals surface area contributed by atoms with E-state index in [0.717, 1.165) is 38.1 Å². The van der Waals surface area contributed by atoms with Crippen LogP contribution < -0.4 is 10.9 Å². The predicted molar refractivity (Wildman–Crippen MR) is 84.6 cm³/mol. The largest absolute Gasteiger partial charge is 0.380 e. The van der Waals surface area contributed by atoms with E-state index in [2.05, 4.69) is 17.2 Å². The van der Waals surface area contributed by atoms with E-state index in [4.69, 9.17) is 4.74 Å². The molecule has 1 aromatic carbocycles. The van der Waals surface area contributed by atoms with Gasteiger partial charge in [0.1, 0.15) is 0 Å². The zero-order valence-corrected chi connectivity index (χ0v) is 12.5. The van der Waals surface area contributed by atoms with E-state index in [1.807, 2.05) is 24.3 Å². The van der Waals surface area contributed by atoms with Gasteiger partial charge in [0, 0.05) is 26.2 Å². The second-order valence-corrected chi connectivity index (χ2v) is 4.98. The summed E-state index contributed by atoms with van der Waals surface area (Å²) in [6.07, 6.45) is 3.88. The van der Waals surface area contributed by atoms with E-state index in [1.165, 1.54) is 0 Å². The van der Waals surface area contributed by atoms with Crippen LogP contribution in [0.1, 0.15) is 19.8 Å². The van der Waals surface area contributed by atoms with Crippen molar-refractivity contribution in [2.75, 3.05) is 26.3 Å². The van der Waals surface area contributed by atoms with Crippen LogP contribution in [0, 0.1) is 0 Å². The fourth-order valence-electron chi connectivity index (χ4n) is 2.08. The lowest BCUT2D eigenvalue weighted by atomic mass is 10.2. The number of para-hydroxylation sites is 1. The first-order valence-electron chi connectivity index (χ1n) is 7.55. The second kappa shape index (κ2) is 8.54. The monoisotopic (exact) mass is 289 g/mol. The maximum Gasteiger partial charge on any atom is 0.261 e. The van der Waals surface area contributed by atoms with Gasteiger partial charge in [0.25, 0.3) is 5.56 Å². The van der Waals surface area contributed by atoms with Crippen LogP contribution in [0.5, 0.6) is 0 Å². The molecule has 0 amide bonds. The van der Waals surface area contributed by atoms with Crippen molar-refractivity contribution in [2.24, 2.45) is 0 Å². The van der Waals surface area contributed by atoms with Gasteiger partial charge in [-0.3, -0.25) is 9.36 Å². The summed E-state index contributed by atoms with van der Waals surface area (Å²) in [5.41, 5.74) is 0.762. The molecule has 1 heterocycles. The summed E-state index contributed by atoms with van der Waals surface area (Å²) < 4.78 is 7.11. The number of hydrogen-bond donors (Lipinski definition) is 1. The summed E-state index contributed by atoms with van der Waals surface area (Å²) in [7, 11) is 0. The molecular weight excluding hydrogens is 266 g/mol. The van der Waals surface area contributed by atoms with Gasteiger partial charge in [-0.1, -0.05) is 25.5 Å². The smallest absolute Gasteiger partial charge is 0.261 e. The Kier molecular flexibility index (Phi) is 6.37. The van der Waals surface area contributed by atoms with E-state index in [-0.39, 0.29) is 5.56 Å². The molecule has 21 heavy (non-hydrogen) atoms. The summed E-state index contributed by atoms with van der Waals surface area (Å²) in [6, 6.07) is 7.42. The number of benzene rings is 1. The Morgan fingerprint density at radius 2 is 2.10 bits per heavy atom. The van der Waals surface area contributed by atoms with Crippen LogP contribution >= 0.6 is 0 Å². The van der Waals surface area contributed by atoms with Crippen molar-refractivity contribution in [2.45, 2.75) is 26.3 Å². The van der Waals surface area contributed by atoms with Gasteiger partial charge < -0.3 is 10.1 Å². The standard InChI is InChI=1S/C16H23N3O2/c1-2-3-11-21-12-9-17-8-10-19-13-18-15-7-5-4-6-14(15)16(19)20/h4-7,13,17H,2-3,8-12H2,1H3. The molecule has 5 heteroatoms. The topological polar surface area (TPSA) is 56.1 Å². The molecule has 0 aliphatic carbocycles. The summed E-state index contributed by atoms with van der Waals surface area (Å²) in [5, 5.41) is 3.94. The zero-order chi connectivity index (χ0) is 14.9. The van der Waals surface area contributed by atoms with Gasteiger partial charge >= 0.3 is 0 Å². The van der Waals surface area contributed by atoms with E-state index < -0.39 is 0 Å². The molecule has 2 aromatic rings. The summed E-state index contributed by atoms with van der Waals surface area (Å²) >= 11 is 0. The molecule has 114 valence electrons. The highest BCUT2D eigenvalue weighted by Crippen LogP contribution is 2.04. The van der Waals surface area contributed by atoms with Crippen LogP contribution in [0.25, 0.3) is 10.9 Å². The third kappa shape index (κ3) is 4.65. The highest BCUT2D eigenvalue weighted by molar-refractivity contribution is 5.76. The van der Waals surface area contributed by atoms with Crippen molar-refractivity contribution in [1.29, 1.82) is 0 Å². The summed E-state index contributed by atoms with van der Waals surface area (Å²) in [4.78, 5) is 16.5. The second-order valence-electron chi connectivity index (χ2n) is 4.98. The lowest BCUT2D eigenvalue weighted by Crippen LogP contribution is -2.29. The minimum atomic E-state index is 0.0154. The molecule has 1 aromatic heterocycles. The molecule has 0 radical (unpaired) electrons. The number of nitrogens with one attached hydrogen (secondary N) is 1. The van der Waals surface area contributed by atoms with Crippen molar-refractivity contribution in [1.82, 2.24) is 14.9 Å². The van der Waals surface area contributed by atoms with Gasteiger partial charge in [-0.2, -0.15) is 0 Å². The van der Waals surface area contributed by atoms with Crippen molar-refractivity contribution in [3.05, 3.63) is 40.9 Å². The van der Waals surface area contributed by atoms with E-state index >= 15 is 0 Å². The van der Waals surface area contributed by atoms with Gasteiger partial charge in [0.15, 0.2) is 0 Å². The van der Waals surface area contributed by atoms with Crippen molar-refractivity contribution in [3.63, 3.8) is 0 Å². The van der Waals surface area contributed by atoms with Crippen LogP contribution in [0.15, 0.2) is 35.4 Å². The van der Waals surface area contributed by atoms with Crippen LogP contribution in [-0.4, -0.2) is 35.9 Å². The number of fused-ring (bicyclic) bond motifs is 1. The Morgan fingerprint density at radius 1 is 1.24 bits per heavy atom. The number of nitrogens with zero attached hydrogens (tertiary/aromatic N) is 2. The number of rotatable bonds is 9. The molecule has 0 aliphatic rings. The maximum absolute atomic E-state index is 12.2. The highest BCUT2D eigenvalue weighted by atomic mass is 16.5. The van der Waals surface area contributed by atoms with Gasteiger partial charge in [-0.05, 0) is 18.6 Å². The average molecular weight is 289 g/mol. The molecule has 5 nitrogen and oxygen atoms in total. The van der Waals surface area contributed by atoms with Crippen LogP contribution in [0.2, 0.25) is 0 Å². The molecule has 0 atom stereocenters. The number of hydrogen-bond acceptors (Lipinski definition) is 4. The number of ether oxygens (including phenoxy) is 1. The van der Waals surface area contributed by atoms with Crippen molar-refractivity contribution >= 4 is 10.9 Å². The van der Waals surface area contributed by atoms with Gasteiger partial charge in [0.2, 0.25) is 0 Å². The molecule has 2 rings (SSSR count). The molecular formula is C16H23N3O2. The molecule has 1 N–H and O–H groups in total.